The maximum atomic E-state index is 13.3. The number of hydrogen-bond acceptors (Lipinski definition) is 2. The van der Waals surface area contributed by atoms with Crippen molar-refractivity contribution in [3.8, 4) is 0 Å². The summed E-state index contributed by atoms with van der Waals surface area (Å²) in [5.41, 5.74) is -2.06. The number of hydrogen-bond donors (Lipinski definition) is 1. The molecule has 0 bridgehead atoms. The molecular formula is C11H5F4NO2. The summed E-state index contributed by atoms with van der Waals surface area (Å²) in [6.07, 6.45) is -4.63. The maximum absolute atomic E-state index is 13.3. The van der Waals surface area contributed by atoms with Crippen molar-refractivity contribution in [3.63, 3.8) is 0 Å². The van der Waals surface area contributed by atoms with Gasteiger partial charge in [-0.15, -0.1) is 0 Å². The van der Waals surface area contributed by atoms with Crippen molar-refractivity contribution in [2.75, 3.05) is 0 Å². The van der Waals surface area contributed by atoms with Gasteiger partial charge in [0.15, 0.2) is 0 Å². The fourth-order valence-corrected chi connectivity index (χ4v) is 1.55. The van der Waals surface area contributed by atoms with E-state index < -0.39 is 29.2 Å². The fourth-order valence-electron chi connectivity index (χ4n) is 1.55. The Morgan fingerprint density at radius 1 is 1.17 bits per heavy atom. The van der Waals surface area contributed by atoms with Gasteiger partial charge in [0.25, 0.3) is 0 Å². The maximum Gasteiger partial charge on any atom is 0.433 e. The molecule has 0 saturated carbocycles. The van der Waals surface area contributed by atoms with Crippen molar-refractivity contribution < 1.29 is 27.5 Å². The third kappa shape index (κ3) is 1.99. The van der Waals surface area contributed by atoms with Crippen molar-refractivity contribution in [1.29, 1.82) is 0 Å². The summed E-state index contributed by atoms with van der Waals surface area (Å²) in [6, 6.07) is 3.30. The summed E-state index contributed by atoms with van der Waals surface area (Å²) < 4.78 is 50.5. The Hall–Kier alpha value is -2.18. The average molecular weight is 259 g/mol. The number of alkyl halides is 3. The lowest BCUT2D eigenvalue weighted by molar-refractivity contribution is -0.140. The second-order valence-corrected chi connectivity index (χ2v) is 3.49. The van der Waals surface area contributed by atoms with E-state index in [0.717, 1.165) is 18.2 Å². The molecule has 0 unspecified atom stereocenters. The van der Waals surface area contributed by atoms with Crippen LogP contribution in [0.3, 0.4) is 0 Å². The number of fused-ring (bicyclic) bond motifs is 1. The highest BCUT2D eigenvalue weighted by Gasteiger charge is 2.32. The SMILES string of the molecule is O=C(O)c1c(F)ccc2nc(C(F)(F)F)ccc12. The summed E-state index contributed by atoms with van der Waals surface area (Å²) in [6.45, 7) is 0. The minimum Gasteiger partial charge on any atom is -0.478 e. The Balaban J connectivity index is 2.75. The van der Waals surface area contributed by atoms with Crippen molar-refractivity contribution in [2.45, 2.75) is 6.18 Å². The van der Waals surface area contributed by atoms with Crippen LogP contribution in [0.25, 0.3) is 10.9 Å². The predicted molar refractivity (Wildman–Crippen MR) is 53.7 cm³/mol. The molecule has 2 rings (SSSR count). The smallest absolute Gasteiger partial charge is 0.433 e. The van der Waals surface area contributed by atoms with Crippen LogP contribution in [0, 0.1) is 5.82 Å². The Bertz CT molecular complexity index is 637. The van der Waals surface area contributed by atoms with Gasteiger partial charge in [0.2, 0.25) is 0 Å². The van der Waals surface area contributed by atoms with Gasteiger partial charge in [-0.1, -0.05) is 0 Å². The van der Waals surface area contributed by atoms with Crippen molar-refractivity contribution in [2.24, 2.45) is 0 Å². The highest BCUT2D eigenvalue weighted by Crippen LogP contribution is 2.30. The number of benzene rings is 1. The fraction of sp³-hybridized carbons (Fsp3) is 0.0909. The third-order valence-electron chi connectivity index (χ3n) is 2.32. The number of aromatic carboxylic acids is 1. The first kappa shape index (κ1) is 12.3. The van der Waals surface area contributed by atoms with Gasteiger partial charge < -0.3 is 5.11 Å². The molecule has 0 atom stereocenters. The van der Waals surface area contributed by atoms with Crippen molar-refractivity contribution >= 4 is 16.9 Å². The summed E-state index contributed by atoms with van der Waals surface area (Å²) in [5.74, 6) is -2.57. The second-order valence-electron chi connectivity index (χ2n) is 3.49. The lowest BCUT2D eigenvalue weighted by atomic mass is 10.1. The van der Waals surface area contributed by atoms with Gasteiger partial charge in [0.05, 0.1) is 5.52 Å². The number of nitrogens with zero attached hydrogens (tertiary/aromatic N) is 1. The molecule has 18 heavy (non-hydrogen) atoms. The summed E-state index contributed by atoms with van der Waals surface area (Å²) >= 11 is 0. The van der Waals surface area contributed by atoms with Gasteiger partial charge in [-0.05, 0) is 24.3 Å². The average Bonchev–Trinajstić information content (AvgIpc) is 2.26. The molecule has 0 aliphatic heterocycles. The van der Waals surface area contributed by atoms with Gasteiger partial charge in [-0.2, -0.15) is 13.2 Å². The monoisotopic (exact) mass is 259 g/mol. The number of carboxylic acid groups (broad SMARTS) is 1. The molecule has 0 aliphatic rings. The third-order valence-corrected chi connectivity index (χ3v) is 2.32. The molecule has 1 heterocycles. The summed E-state index contributed by atoms with van der Waals surface area (Å²) in [7, 11) is 0. The lowest BCUT2D eigenvalue weighted by Crippen LogP contribution is -2.09. The van der Waals surface area contributed by atoms with Crippen molar-refractivity contribution in [3.05, 3.63) is 41.3 Å². The molecule has 1 N–H and O–H groups in total. The quantitative estimate of drug-likeness (QED) is 0.800. The van der Waals surface area contributed by atoms with Crippen molar-refractivity contribution in [1.82, 2.24) is 4.98 Å². The number of aromatic nitrogens is 1. The van der Waals surface area contributed by atoms with Gasteiger partial charge >= 0.3 is 12.1 Å². The molecule has 7 heteroatoms. The van der Waals surface area contributed by atoms with Crippen LogP contribution >= 0.6 is 0 Å². The van der Waals surface area contributed by atoms with Gasteiger partial charge in [0, 0.05) is 5.39 Å². The molecule has 0 amide bonds. The van der Waals surface area contributed by atoms with Crippen LogP contribution in [0.4, 0.5) is 17.6 Å². The molecule has 0 spiro atoms. The molecular weight excluding hydrogens is 254 g/mol. The van der Waals surface area contributed by atoms with Gasteiger partial charge in [0.1, 0.15) is 17.1 Å². The van der Waals surface area contributed by atoms with Gasteiger partial charge in [-0.25, -0.2) is 14.2 Å². The Labute approximate surface area is 97.7 Å². The first-order valence-electron chi connectivity index (χ1n) is 4.70. The molecule has 1 aromatic heterocycles. The van der Waals surface area contributed by atoms with E-state index in [2.05, 4.69) is 4.98 Å². The number of pyridine rings is 1. The standard InChI is InChI=1S/C11H5F4NO2/c12-6-2-3-7-5(9(6)10(17)18)1-4-8(16-7)11(13,14)15/h1-4H,(H,17,18). The van der Waals surface area contributed by atoms with E-state index in [-0.39, 0.29) is 10.9 Å². The second kappa shape index (κ2) is 3.94. The van der Waals surface area contributed by atoms with Crippen LogP contribution in [-0.2, 0) is 6.18 Å². The molecule has 0 fully saturated rings. The van der Waals surface area contributed by atoms with Crippen LogP contribution in [0.5, 0.6) is 0 Å². The number of halogens is 4. The zero-order valence-electron chi connectivity index (χ0n) is 8.62. The summed E-state index contributed by atoms with van der Waals surface area (Å²) in [4.78, 5) is 14.1. The molecule has 3 nitrogen and oxygen atoms in total. The van der Waals surface area contributed by atoms with Crippen LogP contribution < -0.4 is 0 Å². The topological polar surface area (TPSA) is 50.2 Å². The Morgan fingerprint density at radius 3 is 2.39 bits per heavy atom. The zero-order chi connectivity index (χ0) is 13.5. The van der Waals surface area contributed by atoms with E-state index >= 15 is 0 Å². The van der Waals surface area contributed by atoms with E-state index in [9.17, 15) is 22.4 Å². The van der Waals surface area contributed by atoms with E-state index in [1.807, 2.05) is 0 Å². The molecule has 0 aliphatic carbocycles. The molecule has 0 saturated heterocycles. The minimum absolute atomic E-state index is 0.171. The van der Waals surface area contributed by atoms with E-state index in [0.29, 0.717) is 6.07 Å². The molecule has 1 aromatic carbocycles. The van der Waals surface area contributed by atoms with E-state index in [4.69, 9.17) is 5.11 Å². The Kier molecular flexibility index (Phi) is 2.68. The van der Waals surface area contributed by atoms with Crippen LogP contribution in [-0.4, -0.2) is 16.1 Å². The van der Waals surface area contributed by atoms with Gasteiger partial charge in [-0.3, -0.25) is 0 Å². The highest BCUT2D eigenvalue weighted by atomic mass is 19.4. The largest absolute Gasteiger partial charge is 0.478 e. The molecule has 0 radical (unpaired) electrons. The number of carboxylic acids is 1. The van der Waals surface area contributed by atoms with Crippen LogP contribution in [0.1, 0.15) is 16.1 Å². The predicted octanol–water partition coefficient (Wildman–Crippen LogP) is 3.09. The molecule has 2 aromatic rings. The highest BCUT2D eigenvalue weighted by molar-refractivity contribution is 6.02. The Morgan fingerprint density at radius 2 is 1.83 bits per heavy atom. The van der Waals surface area contributed by atoms with E-state index in [1.165, 1.54) is 0 Å². The molecule has 94 valence electrons. The zero-order valence-corrected chi connectivity index (χ0v) is 8.62. The number of rotatable bonds is 1. The minimum atomic E-state index is -4.63. The van der Waals surface area contributed by atoms with Crippen LogP contribution in [0.15, 0.2) is 24.3 Å². The first-order valence-corrected chi connectivity index (χ1v) is 4.70. The van der Waals surface area contributed by atoms with E-state index in [1.54, 1.807) is 0 Å². The lowest BCUT2D eigenvalue weighted by Gasteiger charge is -2.08. The number of carbonyl (C=O) groups is 1. The normalized spacial score (nSPS) is 11.8. The van der Waals surface area contributed by atoms with Crippen LogP contribution in [0.2, 0.25) is 0 Å². The summed E-state index contributed by atoms with van der Waals surface area (Å²) in [5, 5.41) is 8.63. The first-order chi connectivity index (χ1) is 8.30.